The van der Waals surface area contributed by atoms with Crippen LogP contribution in [0.4, 0.5) is 88.1 Å². The summed E-state index contributed by atoms with van der Waals surface area (Å²) < 4.78 is 5.31. The maximum Gasteiger partial charge on any atom is 0.357 e. The molecule has 0 radical (unpaired) electrons. The molecule has 17 rings (SSSR count). The van der Waals surface area contributed by atoms with Gasteiger partial charge in [-0.05, 0) is 169 Å². The molecule has 12 amide bonds. The number of benzene rings is 4. The monoisotopic (exact) mass is 1810 g/mol. The van der Waals surface area contributed by atoms with E-state index < -0.39 is 5.91 Å². The number of likely N-dealkylation sites (N-methyl/N-ethyl adjacent to an activating group) is 8. The van der Waals surface area contributed by atoms with Crippen molar-refractivity contribution in [1.29, 1.82) is 0 Å². The number of carbonyl (C=O) groups excluding carboxylic acids is 8. The Morgan fingerprint density at radius 1 is 0.406 bits per heavy atom. The quantitative estimate of drug-likeness (QED) is 0.0442. The molecule has 36 heteroatoms. The third kappa shape index (κ3) is 22.5. The Morgan fingerprint density at radius 3 is 1.04 bits per heavy atom. The first-order valence-electron chi connectivity index (χ1n) is 45.8. The summed E-state index contributed by atoms with van der Waals surface area (Å²) in [5.41, 5.74) is 12.5. The topological polar surface area (TPSA) is 353 Å². The van der Waals surface area contributed by atoms with Crippen molar-refractivity contribution in [2.24, 2.45) is 22.2 Å². The summed E-state index contributed by atoms with van der Waals surface area (Å²) in [5.74, 6) is 0.717. The van der Waals surface area contributed by atoms with Gasteiger partial charge in [-0.15, -0.1) is 11.6 Å². The molecule has 36 nitrogen and oxygen atoms in total. The van der Waals surface area contributed by atoms with Gasteiger partial charge in [-0.1, -0.05) is 90.0 Å². The molecule has 0 atom stereocenters. The van der Waals surface area contributed by atoms with Crippen molar-refractivity contribution < 1.29 is 42.8 Å². The first-order chi connectivity index (χ1) is 63.5. The zero-order valence-corrected chi connectivity index (χ0v) is 78.5. The average Bonchev–Trinajstić information content (AvgIpc) is 1.77. The Hall–Kier alpha value is -14.2. The lowest BCUT2D eigenvalue weighted by molar-refractivity contribution is 0.0993. The molecule has 9 aliphatic rings. The zero-order chi connectivity index (χ0) is 94.9. The Kier molecular flexibility index (Phi) is 29.0. The van der Waals surface area contributed by atoms with Gasteiger partial charge < -0.3 is 99.0 Å². The number of amides is 12. The van der Waals surface area contributed by atoms with Crippen molar-refractivity contribution in [2.75, 3.05) is 202 Å². The van der Waals surface area contributed by atoms with Crippen molar-refractivity contribution in [3.8, 4) is 0 Å². The molecule has 8 saturated heterocycles. The van der Waals surface area contributed by atoms with E-state index in [1.54, 1.807) is 39.2 Å². The van der Waals surface area contributed by atoms with Crippen LogP contribution in [0.5, 0.6) is 0 Å². The van der Waals surface area contributed by atoms with Gasteiger partial charge in [0.25, 0.3) is 17.6 Å². The van der Waals surface area contributed by atoms with Crippen LogP contribution in [0.25, 0.3) is 19.4 Å². The van der Waals surface area contributed by atoms with E-state index in [4.69, 9.17) is 30.7 Å². The number of nitrogens with zero attached hydrogens (tertiary/aromatic N) is 20. The van der Waals surface area contributed by atoms with Crippen LogP contribution in [0.15, 0.2) is 102 Å². The van der Waals surface area contributed by atoms with Gasteiger partial charge in [-0.2, -0.15) is 4.85 Å². The molecule has 8 aliphatic heterocycles. The van der Waals surface area contributed by atoms with Crippen molar-refractivity contribution in [3.63, 3.8) is 0 Å². The number of urea groups is 4. The van der Waals surface area contributed by atoms with Crippen LogP contribution in [0.2, 0.25) is 0 Å². The van der Waals surface area contributed by atoms with Crippen LogP contribution < -0.4 is 40.9 Å². The molecular weight excluding hydrogens is 1690 g/mol. The summed E-state index contributed by atoms with van der Waals surface area (Å²) in [5, 5.41) is 18.3. The molecule has 9 fully saturated rings. The van der Waals surface area contributed by atoms with Crippen LogP contribution in [0.1, 0.15) is 200 Å². The second-order valence-electron chi connectivity index (χ2n) is 38.9. The lowest BCUT2D eigenvalue weighted by atomic mass is 9.77. The van der Waals surface area contributed by atoms with Gasteiger partial charge in [0.2, 0.25) is 11.6 Å². The zero-order valence-electron chi connectivity index (χ0n) is 78.5. The van der Waals surface area contributed by atoms with Crippen LogP contribution in [-0.2, 0) is 0 Å². The highest BCUT2D eigenvalue weighted by Crippen LogP contribution is 2.49. The fourth-order valence-corrected chi connectivity index (χ4v) is 19.6. The molecule has 8 aromatic rings. The predicted octanol–water partition coefficient (Wildman–Crippen LogP) is 16.1. The van der Waals surface area contributed by atoms with E-state index in [-0.39, 0.29) is 112 Å². The van der Waals surface area contributed by atoms with Crippen LogP contribution >= 0.6 is 0 Å². The second-order valence-corrected chi connectivity index (χ2v) is 38.9. The molecule has 0 unspecified atom stereocenters. The normalized spacial score (nSPS) is 19.1. The number of carbonyl (C=O) groups is 8. The minimum atomic E-state index is -0.447. The molecule has 0 bridgehead atoms. The molecule has 700 valence electrons. The summed E-state index contributed by atoms with van der Waals surface area (Å²) >= 11 is 0. The Balaban J connectivity index is 0.000000143. The fraction of sp³-hybridized carbons (Fsp3) is 0.505. The van der Waals surface area contributed by atoms with E-state index in [2.05, 4.69) is 154 Å². The van der Waals surface area contributed by atoms with Crippen molar-refractivity contribution in [2.45, 2.75) is 135 Å². The van der Waals surface area contributed by atoms with Gasteiger partial charge in [0.05, 0.1) is 64.5 Å². The number of furan rings is 1. The highest BCUT2D eigenvalue weighted by molar-refractivity contribution is 6.07. The number of hydrogen-bond acceptors (Lipinski definition) is 17. The Labute approximate surface area is 777 Å². The van der Waals surface area contributed by atoms with E-state index in [0.717, 1.165) is 153 Å². The molecule has 4 aromatic heterocycles. The summed E-state index contributed by atoms with van der Waals surface area (Å²) in [6, 6.07) is 27.7. The Bertz CT molecular complexity index is 5550. The minimum Gasteiger partial charge on any atom is -0.475 e. The third-order valence-electron chi connectivity index (χ3n) is 27.9. The fourth-order valence-electron chi connectivity index (χ4n) is 19.6. The van der Waals surface area contributed by atoms with Crippen molar-refractivity contribution in [1.82, 2.24) is 74.3 Å². The van der Waals surface area contributed by atoms with Gasteiger partial charge in [-0.25, -0.2) is 34.2 Å². The number of rotatable bonds is 16. The Morgan fingerprint density at radius 2 is 0.729 bits per heavy atom. The lowest BCUT2D eigenvalue weighted by Gasteiger charge is -2.41. The smallest absolute Gasteiger partial charge is 0.357 e. The highest BCUT2D eigenvalue weighted by atomic mass is 16.4. The molecule has 7 N–H and O–H groups in total. The predicted molar refractivity (Wildman–Crippen MR) is 512 cm³/mol. The number of aromatic amines is 3. The third-order valence-corrected chi connectivity index (χ3v) is 27.9. The number of imidazole rings is 2. The van der Waals surface area contributed by atoms with E-state index in [1.165, 1.54) is 63.1 Å². The summed E-state index contributed by atoms with van der Waals surface area (Å²) in [7, 11) is 14.6. The van der Waals surface area contributed by atoms with Crippen molar-refractivity contribution in [3.05, 3.63) is 188 Å². The van der Waals surface area contributed by atoms with Crippen LogP contribution in [0.3, 0.4) is 0 Å². The van der Waals surface area contributed by atoms with E-state index >= 15 is 0 Å². The number of anilines is 8. The van der Waals surface area contributed by atoms with E-state index in [0.29, 0.717) is 80.2 Å². The van der Waals surface area contributed by atoms with Gasteiger partial charge in [0, 0.05) is 185 Å². The standard InChI is InChI=1S/C25H32N8O2.C25H31N5O3.C24H31N7O2.C23H29N7O2/c1-26-23-28-21(29-30-23)22(34)27-19-7-6-17(18-15-31(2)24(35)32(3)16-18)14-20(19)33-12-10-25(11-13-33)8-4-5-9-25;1-25(2)10-12-30(13-11-25)20-14-17(18-15-28(4)24(32)29(5)16-18)6-7-19(20)27-23(31)21-8-9-22(26-3)33-21;1-24(2)8-10-31(11-9-24)19-12-16(17-14-29(4)23(33)30(5)15-17)6-7-18(19)27-22(32)21-26-13-20(25-3)28-21;1-15-7-9-30(10-8-15)19-11-16(17-13-28(3)23(32)29(4)14-17)5-6-18(19)26-22(31)21-25-12-20(24-2)27-21/h6-7,14,18H,4-5,8-13,15-16H2,2-3H3,(H,27,34)(H,28,29,30);6-9,14,18H,10-13,15-16H2,1-2,4-5H3,(H,27,31);6-7,12-13,17H,8-11,14-15H2,1-2,4-5H3,(H,26,28)(H,27,32);5-6,11-12,15,17H,7-10,13-14H2,1,3-4H3,(H,25,27)(H,26,31). The number of hydrogen-bond donors (Lipinski definition) is 7. The summed E-state index contributed by atoms with van der Waals surface area (Å²) in [6.45, 7) is 52.3. The first kappa shape index (κ1) is 94.9. The summed E-state index contributed by atoms with van der Waals surface area (Å²) in [6.07, 6.45) is 16.9. The molecule has 1 spiro atoms. The average molecular weight is 1810 g/mol. The van der Waals surface area contributed by atoms with E-state index in [9.17, 15) is 38.4 Å². The number of nitrogens with one attached hydrogen (secondary N) is 7. The van der Waals surface area contributed by atoms with Gasteiger partial charge >= 0.3 is 59.5 Å². The number of H-pyrrole nitrogens is 3. The molecule has 1 saturated carbocycles. The first-order valence-corrected chi connectivity index (χ1v) is 45.8. The SMILES string of the molecule is [C-]#[N+]c1ccc(C(=O)Nc2ccc(C3CN(C)C(=O)N(C)C3)cc2N2CCC(C)(C)CC2)o1.[C-]#[N+]c1cnc(C(=O)Nc2ccc(C3CN(C)C(=O)N(C)C3)cc2N2CCC(C)(C)CC2)[nH]1.[C-]#[N+]c1cnc(C(=O)Nc2ccc(C3CN(C)C(=O)N(C)C3)cc2N2CCC(C)CC2)[nH]1.[C-]#[N+]c1nc(C(=O)Nc2ccc(C3CN(C)C(=O)N(C)C3)cc2N2CCC3(CCCC3)CC2)n[nH]1. The molecule has 133 heavy (non-hydrogen) atoms. The van der Waals surface area contributed by atoms with Crippen LogP contribution in [-0.4, -0.2) is 283 Å². The molecule has 12 heterocycles. The van der Waals surface area contributed by atoms with Gasteiger partial charge in [0.15, 0.2) is 5.76 Å². The molecular formula is C97H123N27O9. The highest BCUT2D eigenvalue weighted by Gasteiger charge is 2.41. The van der Waals surface area contributed by atoms with Crippen LogP contribution in [0, 0.1) is 48.5 Å². The summed E-state index contributed by atoms with van der Waals surface area (Å²) in [4.78, 5) is 154. The van der Waals surface area contributed by atoms with Crippen molar-refractivity contribution >= 4 is 117 Å². The largest absolute Gasteiger partial charge is 0.475 e. The number of aromatic nitrogens is 7. The molecule has 4 aromatic carbocycles. The number of piperidine rings is 4. The maximum absolute atomic E-state index is 12.9. The minimum absolute atomic E-state index is 0.0105. The van der Waals surface area contributed by atoms with Gasteiger partial charge in [0.1, 0.15) is 0 Å². The van der Waals surface area contributed by atoms with E-state index in [1.807, 2.05) is 105 Å². The molecule has 1 aliphatic carbocycles. The lowest BCUT2D eigenvalue weighted by Crippen LogP contribution is -2.49. The van der Waals surface area contributed by atoms with Gasteiger partial charge in [-0.3, -0.25) is 29.1 Å². The maximum atomic E-state index is 12.9. The second kappa shape index (κ2) is 40.7.